The molecule has 4 nitrogen and oxygen atoms in total. The lowest BCUT2D eigenvalue weighted by Gasteiger charge is -2.16. The molecule has 1 N–H and O–H groups in total. The van der Waals surface area contributed by atoms with Crippen molar-refractivity contribution in [1.29, 1.82) is 0 Å². The molecule has 0 amide bonds. The number of halogens is 1. The Hall–Kier alpha value is -1.43. The van der Waals surface area contributed by atoms with E-state index in [9.17, 15) is 0 Å². The molecule has 0 saturated carbocycles. The molecule has 0 saturated heterocycles. The summed E-state index contributed by atoms with van der Waals surface area (Å²) < 4.78 is 16.9. The van der Waals surface area contributed by atoms with Crippen LogP contribution < -0.4 is 19.5 Å². The van der Waals surface area contributed by atoms with Crippen LogP contribution >= 0.6 is 22.9 Å². The summed E-state index contributed by atoms with van der Waals surface area (Å²) in [6, 6.07) is 8.07. The molecule has 120 valence electrons. The van der Waals surface area contributed by atoms with Gasteiger partial charge >= 0.3 is 0 Å². The van der Waals surface area contributed by atoms with E-state index in [-0.39, 0.29) is 6.04 Å². The van der Waals surface area contributed by atoms with Crippen molar-refractivity contribution in [3.05, 3.63) is 39.0 Å². The first-order valence-electron chi connectivity index (χ1n) is 6.86. The summed E-state index contributed by atoms with van der Waals surface area (Å²) >= 11 is 7.56. The molecule has 0 aliphatic carbocycles. The summed E-state index contributed by atoms with van der Waals surface area (Å²) in [7, 11) is 4.83. The van der Waals surface area contributed by atoms with Crippen molar-refractivity contribution in [2.24, 2.45) is 0 Å². The second-order valence-corrected chi connectivity index (χ2v) is 6.52. The first kappa shape index (κ1) is 16.9. The van der Waals surface area contributed by atoms with Crippen molar-refractivity contribution in [1.82, 2.24) is 5.32 Å². The van der Waals surface area contributed by atoms with Gasteiger partial charge in [-0.15, -0.1) is 11.3 Å². The quantitative estimate of drug-likeness (QED) is 0.816. The Morgan fingerprint density at radius 3 is 2.18 bits per heavy atom. The summed E-state index contributed by atoms with van der Waals surface area (Å²) in [5.41, 5.74) is 1.06. The average Bonchev–Trinajstić information content (AvgIpc) is 2.97. The van der Waals surface area contributed by atoms with Crippen LogP contribution in [0, 0.1) is 0 Å². The maximum Gasteiger partial charge on any atom is 0.203 e. The van der Waals surface area contributed by atoms with Gasteiger partial charge in [-0.05, 0) is 36.8 Å². The summed E-state index contributed by atoms with van der Waals surface area (Å²) in [5, 5.41) is 3.47. The van der Waals surface area contributed by atoms with E-state index < -0.39 is 0 Å². The van der Waals surface area contributed by atoms with Gasteiger partial charge in [0.25, 0.3) is 0 Å². The fraction of sp³-hybridized carbons (Fsp3) is 0.375. The van der Waals surface area contributed by atoms with Gasteiger partial charge in [0.15, 0.2) is 11.5 Å². The molecule has 1 atom stereocenters. The SMILES string of the molecule is COc1cc(CN[C@H](C)c2ccc(Cl)s2)cc(OC)c1OC. The molecule has 0 spiro atoms. The highest BCUT2D eigenvalue weighted by Crippen LogP contribution is 2.38. The Morgan fingerprint density at radius 1 is 1.09 bits per heavy atom. The number of thiophene rings is 1. The monoisotopic (exact) mass is 341 g/mol. The number of hydrogen-bond acceptors (Lipinski definition) is 5. The minimum Gasteiger partial charge on any atom is -0.493 e. The molecule has 0 bridgehead atoms. The molecule has 1 aromatic carbocycles. The van der Waals surface area contributed by atoms with Gasteiger partial charge in [-0.2, -0.15) is 0 Å². The van der Waals surface area contributed by atoms with E-state index in [1.165, 1.54) is 4.88 Å². The largest absolute Gasteiger partial charge is 0.493 e. The lowest BCUT2D eigenvalue weighted by Crippen LogP contribution is -2.17. The van der Waals surface area contributed by atoms with Gasteiger partial charge in [0.1, 0.15) is 0 Å². The van der Waals surface area contributed by atoms with Crippen LogP contribution in [-0.4, -0.2) is 21.3 Å². The fourth-order valence-electron chi connectivity index (χ4n) is 2.17. The highest BCUT2D eigenvalue weighted by molar-refractivity contribution is 7.16. The second-order valence-electron chi connectivity index (χ2n) is 4.78. The molecule has 1 aromatic heterocycles. The highest BCUT2D eigenvalue weighted by Gasteiger charge is 2.14. The third kappa shape index (κ3) is 3.85. The first-order valence-corrected chi connectivity index (χ1v) is 8.06. The summed E-state index contributed by atoms with van der Waals surface area (Å²) in [5.74, 6) is 1.92. The first-order chi connectivity index (χ1) is 10.6. The molecule has 0 radical (unpaired) electrons. The van der Waals surface area contributed by atoms with Crippen molar-refractivity contribution in [3.63, 3.8) is 0 Å². The molecule has 0 aliphatic rings. The Labute approximate surface area is 140 Å². The Bertz CT molecular complexity index is 605. The van der Waals surface area contributed by atoms with Crippen LogP contribution in [0.25, 0.3) is 0 Å². The topological polar surface area (TPSA) is 39.7 Å². The Balaban J connectivity index is 2.12. The van der Waals surface area contributed by atoms with Crippen molar-refractivity contribution in [2.45, 2.75) is 19.5 Å². The van der Waals surface area contributed by atoms with Crippen LogP contribution in [0.5, 0.6) is 17.2 Å². The molecule has 0 aliphatic heterocycles. The normalized spacial score (nSPS) is 12.0. The number of ether oxygens (including phenoxy) is 3. The predicted molar refractivity (Wildman–Crippen MR) is 90.7 cm³/mol. The minimum absolute atomic E-state index is 0.219. The lowest BCUT2D eigenvalue weighted by atomic mass is 10.1. The van der Waals surface area contributed by atoms with Crippen molar-refractivity contribution in [2.75, 3.05) is 21.3 Å². The van der Waals surface area contributed by atoms with E-state index in [0.717, 1.165) is 9.90 Å². The van der Waals surface area contributed by atoms with Crippen LogP contribution in [0.1, 0.15) is 23.4 Å². The lowest BCUT2D eigenvalue weighted by molar-refractivity contribution is 0.323. The molecule has 2 rings (SSSR count). The van der Waals surface area contributed by atoms with Crippen LogP contribution in [0.2, 0.25) is 4.34 Å². The minimum atomic E-state index is 0.219. The number of methoxy groups -OCH3 is 3. The van der Waals surface area contributed by atoms with Crippen LogP contribution in [0.3, 0.4) is 0 Å². The zero-order chi connectivity index (χ0) is 16.1. The average molecular weight is 342 g/mol. The van der Waals surface area contributed by atoms with Gasteiger partial charge < -0.3 is 19.5 Å². The zero-order valence-electron chi connectivity index (χ0n) is 13.1. The Morgan fingerprint density at radius 2 is 1.73 bits per heavy atom. The second kappa shape index (κ2) is 7.72. The Kier molecular flexibility index (Phi) is 5.94. The summed E-state index contributed by atoms with van der Waals surface area (Å²) in [6.07, 6.45) is 0. The molecular weight excluding hydrogens is 322 g/mol. The van der Waals surface area contributed by atoms with E-state index in [1.54, 1.807) is 32.7 Å². The zero-order valence-corrected chi connectivity index (χ0v) is 14.7. The van der Waals surface area contributed by atoms with Crippen molar-refractivity contribution < 1.29 is 14.2 Å². The standard InChI is InChI=1S/C16H20ClNO3S/c1-10(14-5-6-15(17)22-14)18-9-11-7-12(19-2)16(21-4)13(8-11)20-3/h5-8,10,18H,9H2,1-4H3/t10-/m1/s1. The molecule has 22 heavy (non-hydrogen) atoms. The van der Waals surface area contributed by atoms with Gasteiger partial charge in [-0.1, -0.05) is 11.6 Å². The third-order valence-electron chi connectivity index (χ3n) is 3.36. The van der Waals surface area contributed by atoms with Gasteiger partial charge in [0.05, 0.1) is 25.7 Å². The number of benzene rings is 1. The van der Waals surface area contributed by atoms with E-state index in [4.69, 9.17) is 25.8 Å². The highest BCUT2D eigenvalue weighted by atomic mass is 35.5. The maximum atomic E-state index is 5.98. The molecule has 0 unspecified atom stereocenters. The van der Waals surface area contributed by atoms with Crippen LogP contribution in [0.15, 0.2) is 24.3 Å². The molecule has 1 heterocycles. The van der Waals surface area contributed by atoms with Gasteiger partial charge in [0, 0.05) is 17.5 Å². The number of nitrogens with one attached hydrogen (secondary N) is 1. The van der Waals surface area contributed by atoms with Crippen LogP contribution in [-0.2, 0) is 6.54 Å². The van der Waals surface area contributed by atoms with Gasteiger partial charge in [-0.3, -0.25) is 0 Å². The molecule has 2 aromatic rings. The van der Waals surface area contributed by atoms with E-state index in [2.05, 4.69) is 12.2 Å². The van der Waals surface area contributed by atoms with Crippen molar-refractivity contribution >= 4 is 22.9 Å². The maximum absolute atomic E-state index is 5.98. The van der Waals surface area contributed by atoms with E-state index in [1.807, 2.05) is 24.3 Å². The molecule has 0 fully saturated rings. The van der Waals surface area contributed by atoms with E-state index >= 15 is 0 Å². The summed E-state index contributed by atoms with van der Waals surface area (Å²) in [4.78, 5) is 1.21. The fourth-order valence-corrected chi connectivity index (χ4v) is 3.26. The van der Waals surface area contributed by atoms with Crippen LogP contribution in [0.4, 0.5) is 0 Å². The summed E-state index contributed by atoms with van der Waals surface area (Å²) in [6.45, 7) is 2.80. The van der Waals surface area contributed by atoms with E-state index in [0.29, 0.717) is 23.8 Å². The van der Waals surface area contributed by atoms with Gasteiger partial charge in [-0.25, -0.2) is 0 Å². The molecule has 6 heteroatoms. The number of rotatable bonds is 7. The third-order valence-corrected chi connectivity index (χ3v) is 4.77. The van der Waals surface area contributed by atoms with Crippen molar-refractivity contribution in [3.8, 4) is 17.2 Å². The smallest absolute Gasteiger partial charge is 0.203 e. The predicted octanol–water partition coefficient (Wildman–Crippen LogP) is 4.28. The molecular formula is C16H20ClNO3S. The van der Waals surface area contributed by atoms with Gasteiger partial charge in [0.2, 0.25) is 5.75 Å². The number of hydrogen-bond donors (Lipinski definition) is 1.